The largest absolute Gasteiger partial charge is 0.491 e. The van der Waals surface area contributed by atoms with Crippen LogP contribution in [0.25, 0.3) is 0 Å². The molecule has 0 spiro atoms. The van der Waals surface area contributed by atoms with Crippen molar-refractivity contribution < 1.29 is 4.74 Å². The smallest absolute Gasteiger partial charge is 0.191 e. The number of rotatable bonds is 8. The summed E-state index contributed by atoms with van der Waals surface area (Å²) in [5.74, 6) is 1.76. The van der Waals surface area contributed by atoms with Crippen LogP contribution in [-0.4, -0.2) is 36.2 Å². The predicted molar refractivity (Wildman–Crippen MR) is 103 cm³/mol. The number of hydrogen-bond acceptors (Lipinski definition) is 3. The van der Waals surface area contributed by atoms with Crippen LogP contribution >= 0.6 is 11.8 Å². The van der Waals surface area contributed by atoms with Crippen molar-refractivity contribution in [1.29, 1.82) is 0 Å². The van der Waals surface area contributed by atoms with Gasteiger partial charge in [-0.15, -0.1) is 0 Å². The van der Waals surface area contributed by atoms with Gasteiger partial charge < -0.3 is 15.4 Å². The van der Waals surface area contributed by atoms with Crippen molar-refractivity contribution in [3.05, 3.63) is 29.8 Å². The van der Waals surface area contributed by atoms with Gasteiger partial charge in [0.25, 0.3) is 0 Å². The van der Waals surface area contributed by atoms with Gasteiger partial charge in [-0.1, -0.05) is 12.1 Å². The van der Waals surface area contributed by atoms with E-state index in [0.29, 0.717) is 6.54 Å². The molecule has 0 fully saturated rings. The highest BCUT2D eigenvalue weighted by atomic mass is 32.2. The Kier molecular flexibility index (Phi) is 8.31. The van der Waals surface area contributed by atoms with Crippen LogP contribution in [0.3, 0.4) is 0 Å². The minimum Gasteiger partial charge on any atom is -0.491 e. The average molecular weight is 338 g/mol. The van der Waals surface area contributed by atoms with Crippen LogP contribution in [0.4, 0.5) is 0 Å². The van der Waals surface area contributed by atoms with Crippen LogP contribution in [0.15, 0.2) is 29.3 Å². The van der Waals surface area contributed by atoms with Gasteiger partial charge in [-0.05, 0) is 58.6 Å². The molecule has 0 aliphatic heterocycles. The summed E-state index contributed by atoms with van der Waals surface area (Å²) in [6.07, 6.45) is 2.33. The molecule has 0 saturated heterocycles. The Morgan fingerprint density at radius 1 is 1.22 bits per heavy atom. The Balaban J connectivity index is 2.62. The van der Waals surface area contributed by atoms with Crippen LogP contribution < -0.4 is 15.4 Å². The van der Waals surface area contributed by atoms with E-state index < -0.39 is 0 Å². The highest BCUT2D eigenvalue weighted by molar-refractivity contribution is 7.99. The standard InChI is InChI=1S/C18H31N3OS/c1-7-19-17(21-13-18(4,5)23-6)20-12-15-8-10-16(11-9-15)22-14(2)3/h8-11,14H,7,12-13H2,1-6H3,(H2,19,20,21). The topological polar surface area (TPSA) is 45.7 Å². The van der Waals surface area contributed by atoms with Gasteiger partial charge in [0, 0.05) is 17.8 Å². The molecule has 1 aromatic rings. The van der Waals surface area contributed by atoms with Crippen LogP contribution in [0.2, 0.25) is 0 Å². The average Bonchev–Trinajstić information content (AvgIpc) is 2.51. The fourth-order valence-electron chi connectivity index (χ4n) is 1.83. The molecule has 23 heavy (non-hydrogen) atoms. The first-order valence-electron chi connectivity index (χ1n) is 8.19. The molecule has 0 atom stereocenters. The lowest BCUT2D eigenvalue weighted by atomic mass is 10.2. The fourth-order valence-corrected chi connectivity index (χ4v) is 2.04. The van der Waals surface area contributed by atoms with Crippen LogP contribution in [0, 0.1) is 0 Å². The molecule has 0 radical (unpaired) electrons. The number of ether oxygens (including phenoxy) is 1. The maximum absolute atomic E-state index is 5.66. The first-order valence-corrected chi connectivity index (χ1v) is 9.41. The number of nitrogens with zero attached hydrogens (tertiary/aromatic N) is 1. The van der Waals surface area contributed by atoms with E-state index in [0.717, 1.165) is 24.8 Å². The first-order chi connectivity index (χ1) is 10.9. The molecule has 130 valence electrons. The summed E-state index contributed by atoms with van der Waals surface area (Å²) in [5, 5.41) is 6.70. The third kappa shape index (κ3) is 8.16. The second-order valence-corrected chi connectivity index (χ2v) is 7.84. The Morgan fingerprint density at radius 3 is 2.39 bits per heavy atom. The minimum absolute atomic E-state index is 0.187. The van der Waals surface area contributed by atoms with Gasteiger partial charge in [0.05, 0.1) is 12.6 Å². The molecule has 0 saturated carbocycles. The molecule has 0 unspecified atom stereocenters. The summed E-state index contributed by atoms with van der Waals surface area (Å²) in [4.78, 5) is 4.66. The summed E-state index contributed by atoms with van der Waals surface area (Å²) < 4.78 is 5.85. The molecule has 0 aromatic heterocycles. The summed E-state index contributed by atoms with van der Waals surface area (Å²) in [6.45, 7) is 13.0. The van der Waals surface area contributed by atoms with Gasteiger partial charge in [-0.2, -0.15) is 11.8 Å². The maximum atomic E-state index is 5.66. The molecular formula is C18H31N3OS. The van der Waals surface area contributed by atoms with Gasteiger partial charge in [0.2, 0.25) is 0 Å². The van der Waals surface area contributed by atoms with Gasteiger partial charge in [-0.25, -0.2) is 4.99 Å². The third-order valence-electron chi connectivity index (χ3n) is 3.29. The highest BCUT2D eigenvalue weighted by Crippen LogP contribution is 2.19. The van der Waals surface area contributed by atoms with E-state index in [1.165, 1.54) is 5.56 Å². The third-order valence-corrected chi connectivity index (χ3v) is 4.54. The number of hydrogen-bond donors (Lipinski definition) is 2. The van der Waals surface area contributed by atoms with E-state index in [2.05, 4.69) is 54.8 Å². The number of aliphatic imine (C=N–C) groups is 1. The number of thioether (sulfide) groups is 1. The normalized spacial score (nSPS) is 12.4. The van der Waals surface area contributed by atoms with Crippen molar-refractivity contribution in [1.82, 2.24) is 10.6 Å². The lowest BCUT2D eigenvalue weighted by Crippen LogP contribution is -2.43. The van der Waals surface area contributed by atoms with E-state index in [1.807, 2.05) is 37.7 Å². The Morgan fingerprint density at radius 2 is 1.87 bits per heavy atom. The van der Waals surface area contributed by atoms with Crippen molar-refractivity contribution in [2.45, 2.75) is 52.0 Å². The molecule has 0 amide bonds. The summed E-state index contributed by atoms with van der Waals surface area (Å²) in [5.41, 5.74) is 1.17. The Bertz CT molecular complexity index is 484. The van der Waals surface area contributed by atoms with Crippen molar-refractivity contribution in [3.8, 4) is 5.75 Å². The molecule has 0 bridgehead atoms. The summed E-state index contributed by atoms with van der Waals surface area (Å²) >= 11 is 1.85. The molecule has 4 nitrogen and oxygen atoms in total. The molecule has 1 rings (SSSR count). The van der Waals surface area contributed by atoms with Crippen molar-refractivity contribution >= 4 is 17.7 Å². The van der Waals surface area contributed by atoms with Crippen LogP contribution in [0.1, 0.15) is 40.2 Å². The fraction of sp³-hybridized carbons (Fsp3) is 0.611. The second kappa shape index (κ2) is 9.71. The first kappa shape index (κ1) is 19.7. The lowest BCUT2D eigenvalue weighted by Gasteiger charge is -2.23. The second-order valence-electron chi connectivity index (χ2n) is 6.32. The Hall–Kier alpha value is -1.36. The quantitative estimate of drug-likeness (QED) is 0.561. The maximum Gasteiger partial charge on any atom is 0.191 e. The van der Waals surface area contributed by atoms with Gasteiger partial charge >= 0.3 is 0 Å². The molecular weight excluding hydrogens is 306 g/mol. The highest BCUT2D eigenvalue weighted by Gasteiger charge is 2.15. The monoisotopic (exact) mass is 337 g/mol. The van der Waals surface area contributed by atoms with Crippen LogP contribution in [0.5, 0.6) is 5.75 Å². The van der Waals surface area contributed by atoms with E-state index in [9.17, 15) is 0 Å². The van der Waals surface area contributed by atoms with Gasteiger partial charge in [0.15, 0.2) is 5.96 Å². The number of benzene rings is 1. The van der Waals surface area contributed by atoms with E-state index >= 15 is 0 Å². The van der Waals surface area contributed by atoms with Crippen molar-refractivity contribution in [2.24, 2.45) is 4.99 Å². The van der Waals surface area contributed by atoms with Crippen LogP contribution in [-0.2, 0) is 6.54 Å². The SMILES string of the molecule is CCNC(=NCc1ccc(OC(C)C)cc1)NCC(C)(C)SC. The molecule has 0 aliphatic carbocycles. The minimum atomic E-state index is 0.187. The predicted octanol–water partition coefficient (Wildman–Crippen LogP) is 3.67. The number of nitrogens with one attached hydrogen (secondary N) is 2. The van der Waals surface area contributed by atoms with E-state index in [4.69, 9.17) is 4.74 Å². The lowest BCUT2D eigenvalue weighted by molar-refractivity contribution is 0.242. The molecule has 2 N–H and O–H groups in total. The molecule has 0 aliphatic rings. The zero-order valence-corrected chi connectivity index (χ0v) is 16.1. The zero-order valence-electron chi connectivity index (χ0n) is 15.3. The summed E-state index contributed by atoms with van der Waals surface area (Å²) in [7, 11) is 0. The van der Waals surface area contributed by atoms with E-state index in [-0.39, 0.29) is 10.9 Å². The number of guanidine groups is 1. The molecule has 0 heterocycles. The van der Waals surface area contributed by atoms with E-state index in [1.54, 1.807) is 0 Å². The van der Waals surface area contributed by atoms with Crippen molar-refractivity contribution in [2.75, 3.05) is 19.3 Å². The zero-order chi connectivity index (χ0) is 17.3. The molecule has 5 heteroatoms. The van der Waals surface area contributed by atoms with Gasteiger partial charge in [-0.3, -0.25) is 0 Å². The van der Waals surface area contributed by atoms with Gasteiger partial charge in [0.1, 0.15) is 5.75 Å². The Labute approximate surface area is 145 Å². The van der Waals surface area contributed by atoms with Crippen molar-refractivity contribution in [3.63, 3.8) is 0 Å². The summed E-state index contributed by atoms with van der Waals surface area (Å²) in [6, 6.07) is 8.14. The molecule has 1 aromatic carbocycles.